The van der Waals surface area contributed by atoms with Gasteiger partial charge in [0.2, 0.25) is 0 Å². The van der Waals surface area contributed by atoms with Crippen molar-refractivity contribution in [1.82, 2.24) is 9.97 Å². The number of aromatic nitrogens is 2. The predicted octanol–water partition coefficient (Wildman–Crippen LogP) is 13.4. The van der Waals surface area contributed by atoms with E-state index >= 15 is 0 Å². The molecule has 0 radical (unpaired) electrons. The lowest BCUT2D eigenvalue weighted by molar-refractivity contribution is 0.669. The molecule has 0 fully saturated rings. The van der Waals surface area contributed by atoms with Crippen LogP contribution in [0.4, 0.5) is 0 Å². The van der Waals surface area contributed by atoms with Crippen molar-refractivity contribution < 1.29 is 4.42 Å². The van der Waals surface area contributed by atoms with Crippen molar-refractivity contribution in [1.29, 1.82) is 0 Å². The van der Waals surface area contributed by atoms with Crippen LogP contribution in [-0.4, -0.2) is 9.97 Å². The van der Waals surface area contributed by atoms with E-state index in [1.54, 1.807) is 0 Å². The normalized spacial score (nSPS) is 12.8. The van der Waals surface area contributed by atoms with Crippen LogP contribution in [-0.2, 0) is 5.41 Å². The molecule has 1 aliphatic rings. The van der Waals surface area contributed by atoms with Gasteiger partial charge in [-0.3, -0.25) is 0 Å². The largest absolute Gasteiger partial charge is 0.455 e. The second-order valence-corrected chi connectivity index (χ2v) is 14.4. The van der Waals surface area contributed by atoms with Gasteiger partial charge in [0, 0.05) is 33.0 Å². The number of nitrogens with zero attached hydrogens (tertiary/aromatic N) is 2. The fourth-order valence-corrected chi connectivity index (χ4v) is 8.98. The molecule has 0 spiro atoms. The molecule has 0 aliphatic heterocycles. The van der Waals surface area contributed by atoms with E-state index in [4.69, 9.17) is 14.4 Å². The molecule has 3 heteroatoms. The minimum absolute atomic E-state index is 0.670. The van der Waals surface area contributed by atoms with Crippen LogP contribution in [0.5, 0.6) is 0 Å². The molecule has 0 saturated heterocycles. The number of hydrogen-bond acceptors (Lipinski definition) is 3. The molecule has 0 bridgehead atoms. The maximum Gasteiger partial charge on any atom is 0.145 e. The van der Waals surface area contributed by atoms with Crippen LogP contribution in [0.3, 0.4) is 0 Å². The highest BCUT2D eigenvalue weighted by molar-refractivity contribution is 6.21. The highest BCUT2D eigenvalue weighted by Gasteiger charge is 2.44. The number of furan rings is 1. The molecule has 3 heterocycles. The maximum absolute atomic E-state index is 7.37. The number of pyridine rings is 2. The van der Waals surface area contributed by atoms with Gasteiger partial charge in [-0.2, -0.15) is 0 Å². The molecule has 11 rings (SSSR count). The molecule has 0 unspecified atom stereocenters. The summed E-state index contributed by atoms with van der Waals surface area (Å²) in [7, 11) is 0. The van der Waals surface area contributed by atoms with E-state index in [1.807, 2.05) is 12.1 Å². The summed E-state index contributed by atoms with van der Waals surface area (Å²) in [6.07, 6.45) is 0. The maximum atomic E-state index is 7.37. The molecular formula is C53H34N2O. The Morgan fingerprint density at radius 1 is 0.304 bits per heavy atom. The Morgan fingerprint density at radius 3 is 1.32 bits per heavy atom. The Bertz CT molecular complexity index is 3020. The van der Waals surface area contributed by atoms with Crippen molar-refractivity contribution in [2.75, 3.05) is 0 Å². The van der Waals surface area contributed by atoms with Gasteiger partial charge in [-0.15, -0.1) is 0 Å². The van der Waals surface area contributed by atoms with E-state index < -0.39 is 5.41 Å². The lowest BCUT2D eigenvalue weighted by Gasteiger charge is -2.37. The predicted molar refractivity (Wildman–Crippen MR) is 228 cm³/mol. The molecule has 0 saturated carbocycles. The highest BCUT2D eigenvalue weighted by atomic mass is 16.3. The molecule has 10 aromatic rings. The number of hydrogen-bond donors (Lipinski definition) is 0. The van der Waals surface area contributed by atoms with Gasteiger partial charge in [0.05, 0.1) is 28.2 Å². The van der Waals surface area contributed by atoms with Gasteiger partial charge < -0.3 is 4.42 Å². The summed E-state index contributed by atoms with van der Waals surface area (Å²) in [5.74, 6) is 0. The van der Waals surface area contributed by atoms with Gasteiger partial charge in [-0.1, -0.05) is 170 Å². The number of rotatable bonds is 6. The van der Waals surface area contributed by atoms with Crippen molar-refractivity contribution in [3.05, 3.63) is 229 Å². The first-order valence-electron chi connectivity index (χ1n) is 19.1. The third-order valence-electron chi connectivity index (χ3n) is 11.4. The van der Waals surface area contributed by atoms with E-state index in [9.17, 15) is 0 Å². The van der Waals surface area contributed by atoms with Crippen molar-refractivity contribution in [3.8, 4) is 56.2 Å². The summed E-state index contributed by atoms with van der Waals surface area (Å²) in [6, 6.07) is 73.1. The van der Waals surface area contributed by atoms with Crippen molar-refractivity contribution in [3.63, 3.8) is 0 Å². The lowest BCUT2D eigenvalue weighted by Crippen LogP contribution is -2.31. The molecular weight excluding hydrogens is 681 g/mol. The summed E-state index contributed by atoms with van der Waals surface area (Å²) in [5.41, 5.74) is 15.6. The molecule has 56 heavy (non-hydrogen) atoms. The standard InChI is InChI=1S/C53H34N2O/c1-5-17-35(18-6-1)45-27-15-29-47(54-45)41-32-31-40-39-25-13-14-26-43(39)53(37-21-9-3-10-22-37,38-23-11-4-12-24-38)44-34-33-42(52-50(44)49(40)51(41)56-52)48-30-16-28-46(55-48)36-19-7-2-8-20-36/h1-34H. The first-order chi connectivity index (χ1) is 27.8. The van der Waals surface area contributed by atoms with Crippen LogP contribution in [0.15, 0.2) is 211 Å². The SMILES string of the molecule is c1ccc(-c2cccc(-c3ccc4c5c3oc3c(-c6cccc(-c7ccccc7)n6)ccc(c35)C(c3ccccc3)(c3ccccc3)c3ccccc3-4)n2)cc1. The second-order valence-electron chi connectivity index (χ2n) is 14.4. The Labute approximate surface area is 325 Å². The molecule has 262 valence electrons. The van der Waals surface area contributed by atoms with Gasteiger partial charge >= 0.3 is 0 Å². The van der Waals surface area contributed by atoms with Crippen LogP contribution in [0, 0.1) is 0 Å². The van der Waals surface area contributed by atoms with Gasteiger partial charge in [0.1, 0.15) is 11.2 Å². The summed E-state index contributed by atoms with van der Waals surface area (Å²) in [6.45, 7) is 0. The Kier molecular flexibility index (Phi) is 7.39. The van der Waals surface area contributed by atoms with Crippen LogP contribution < -0.4 is 0 Å². The van der Waals surface area contributed by atoms with Crippen LogP contribution in [0.1, 0.15) is 22.3 Å². The molecule has 3 nitrogen and oxygen atoms in total. The van der Waals surface area contributed by atoms with Crippen molar-refractivity contribution in [2.24, 2.45) is 0 Å². The topological polar surface area (TPSA) is 38.9 Å². The van der Waals surface area contributed by atoms with Gasteiger partial charge in [-0.05, 0) is 69.8 Å². The zero-order valence-corrected chi connectivity index (χ0v) is 30.4. The molecule has 1 aliphatic carbocycles. The Balaban J connectivity index is 1.29. The van der Waals surface area contributed by atoms with Gasteiger partial charge in [0.15, 0.2) is 0 Å². The molecule has 0 atom stereocenters. The summed E-state index contributed by atoms with van der Waals surface area (Å²) < 4.78 is 7.37. The minimum Gasteiger partial charge on any atom is -0.455 e. The third-order valence-corrected chi connectivity index (χ3v) is 11.4. The van der Waals surface area contributed by atoms with Crippen LogP contribution >= 0.6 is 0 Å². The van der Waals surface area contributed by atoms with E-state index in [0.717, 1.165) is 72.5 Å². The Morgan fingerprint density at radius 2 is 0.750 bits per heavy atom. The average molecular weight is 715 g/mol. The van der Waals surface area contributed by atoms with Gasteiger partial charge in [0.25, 0.3) is 0 Å². The number of benzene rings is 7. The Hall–Kier alpha value is -7.36. The zero-order valence-electron chi connectivity index (χ0n) is 30.4. The molecule has 3 aromatic heterocycles. The van der Waals surface area contributed by atoms with E-state index in [1.165, 1.54) is 27.8 Å². The molecule has 0 amide bonds. The summed E-state index contributed by atoms with van der Waals surface area (Å²) in [5, 5.41) is 2.17. The number of fused-ring (bicyclic) bond motifs is 2. The smallest absolute Gasteiger partial charge is 0.145 e. The zero-order chi connectivity index (χ0) is 37.1. The average Bonchev–Trinajstić information content (AvgIpc) is 3.64. The lowest BCUT2D eigenvalue weighted by atomic mass is 9.63. The van der Waals surface area contributed by atoms with Gasteiger partial charge in [-0.25, -0.2) is 9.97 Å². The summed E-state index contributed by atoms with van der Waals surface area (Å²) in [4.78, 5) is 10.5. The van der Waals surface area contributed by atoms with E-state index in [-0.39, 0.29) is 0 Å². The fourth-order valence-electron chi connectivity index (χ4n) is 8.98. The van der Waals surface area contributed by atoms with E-state index in [2.05, 4.69) is 194 Å². The van der Waals surface area contributed by atoms with E-state index in [0.29, 0.717) is 0 Å². The van der Waals surface area contributed by atoms with Crippen molar-refractivity contribution in [2.45, 2.75) is 5.41 Å². The van der Waals surface area contributed by atoms with Crippen LogP contribution in [0.2, 0.25) is 0 Å². The van der Waals surface area contributed by atoms with Crippen molar-refractivity contribution >= 4 is 21.9 Å². The highest BCUT2D eigenvalue weighted by Crippen LogP contribution is 2.57. The monoisotopic (exact) mass is 714 g/mol. The first kappa shape index (κ1) is 32.1. The second kappa shape index (κ2) is 12.9. The molecule has 0 N–H and O–H groups in total. The first-order valence-corrected chi connectivity index (χ1v) is 19.1. The summed E-state index contributed by atoms with van der Waals surface area (Å²) >= 11 is 0. The van der Waals surface area contributed by atoms with Crippen LogP contribution in [0.25, 0.3) is 78.1 Å². The third kappa shape index (κ3) is 4.84. The minimum atomic E-state index is -0.670. The quantitative estimate of drug-likeness (QED) is 0.172. The fraction of sp³-hybridized carbons (Fsp3) is 0.0189. The molecule has 7 aromatic carbocycles.